The summed E-state index contributed by atoms with van der Waals surface area (Å²) in [7, 11) is 1.82. The van der Waals surface area contributed by atoms with Crippen LogP contribution in [-0.2, 0) is 17.4 Å². The van der Waals surface area contributed by atoms with Crippen LogP contribution in [0.25, 0.3) is 0 Å². The highest BCUT2D eigenvalue weighted by atomic mass is 16.5. The summed E-state index contributed by atoms with van der Waals surface area (Å²) in [6, 6.07) is 3.46. The highest BCUT2D eigenvalue weighted by Crippen LogP contribution is 2.22. The Hall–Kier alpha value is -2.28. The van der Waals surface area contributed by atoms with Crippen LogP contribution in [0.5, 0.6) is 5.75 Å². The Labute approximate surface area is 135 Å². The van der Waals surface area contributed by atoms with E-state index in [4.69, 9.17) is 9.15 Å². The Morgan fingerprint density at radius 3 is 2.65 bits per heavy atom. The molecule has 0 aliphatic carbocycles. The summed E-state index contributed by atoms with van der Waals surface area (Å²) in [5, 5.41) is 17.2. The van der Waals surface area contributed by atoms with Gasteiger partial charge in [-0.15, -0.1) is 0 Å². The van der Waals surface area contributed by atoms with Gasteiger partial charge in [0.2, 0.25) is 0 Å². The fourth-order valence-electron chi connectivity index (χ4n) is 2.23. The maximum Gasteiger partial charge on any atom is 0.258 e. The molecule has 0 aliphatic rings. The van der Waals surface area contributed by atoms with Gasteiger partial charge in [-0.25, -0.2) is 0 Å². The number of carbonyl (C=O) groups excluding carboxylic acids is 1. The molecule has 2 rings (SSSR count). The molecule has 7 nitrogen and oxygen atoms in total. The van der Waals surface area contributed by atoms with Crippen molar-refractivity contribution >= 4 is 5.91 Å². The molecular weight excluding hydrogens is 298 g/mol. The lowest BCUT2D eigenvalue weighted by molar-refractivity contribution is -0.124. The summed E-state index contributed by atoms with van der Waals surface area (Å²) in [5.41, 5.74) is 0.313. The topological polar surface area (TPSA) is 89.5 Å². The molecule has 2 aromatic rings. The van der Waals surface area contributed by atoms with Crippen molar-refractivity contribution in [3.63, 3.8) is 0 Å². The third-order valence-corrected chi connectivity index (χ3v) is 3.69. The maximum atomic E-state index is 11.9. The van der Waals surface area contributed by atoms with E-state index in [9.17, 15) is 9.90 Å². The number of carbonyl (C=O) groups is 1. The van der Waals surface area contributed by atoms with Crippen LogP contribution >= 0.6 is 0 Å². The van der Waals surface area contributed by atoms with Gasteiger partial charge in [-0.1, -0.05) is 0 Å². The van der Waals surface area contributed by atoms with Crippen molar-refractivity contribution in [2.24, 2.45) is 7.05 Å². The Morgan fingerprint density at radius 1 is 1.43 bits per heavy atom. The standard InChI is InChI=1S/C16H23N3O4/c1-10-6-7-13(23-10)16(4,21)9-17-14(20)8-22-15-11(2)18-19(5)12(15)3/h6-7,21H,8-9H2,1-5H3,(H,17,20)/t16-/m1/s1. The molecule has 0 spiro atoms. The number of aromatic nitrogens is 2. The van der Waals surface area contributed by atoms with Gasteiger partial charge in [0, 0.05) is 7.05 Å². The molecule has 23 heavy (non-hydrogen) atoms. The smallest absolute Gasteiger partial charge is 0.258 e. The minimum atomic E-state index is -1.27. The van der Waals surface area contributed by atoms with Crippen molar-refractivity contribution in [3.8, 4) is 5.75 Å². The summed E-state index contributed by atoms with van der Waals surface area (Å²) in [4.78, 5) is 11.9. The van der Waals surface area contributed by atoms with Crippen LogP contribution in [0, 0.1) is 20.8 Å². The minimum absolute atomic E-state index is 0.0349. The first kappa shape index (κ1) is 17.1. The molecule has 1 amide bonds. The highest BCUT2D eigenvalue weighted by Gasteiger charge is 2.27. The van der Waals surface area contributed by atoms with Crippen LogP contribution in [0.3, 0.4) is 0 Å². The number of nitrogens with one attached hydrogen (secondary N) is 1. The van der Waals surface area contributed by atoms with Crippen LogP contribution in [0.15, 0.2) is 16.5 Å². The van der Waals surface area contributed by atoms with Gasteiger partial charge in [-0.05, 0) is 39.8 Å². The van der Waals surface area contributed by atoms with Gasteiger partial charge in [0.15, 0.2) is 12.4 Å². The normalized spacial score (nSPS) is 13.7. The quantitative estimate of drug-likeness (QED) is 0.838. The number of furan rings is 1. The Morgan fingerprint density at radius 2 is 2.13 bits per heavy atom. The molecule has 0 unspecified atom stereocenters. The molecule has 7 heteroatoms. The highest BCUT2D eigenvalue weighted by molar-refractivity contribution is 5.77. The molecule has 0 aliphatic heterocycles. The van der Waals surface area contributed by atoms with E-state index in [1.54, 1.807) is 30.7 Å². The zero-order valence-corrected chi connectivity index (χ0v) is 14.1. The van der Waals surface area contributed by atoms with E-state index in [2.05, 4.69) is 10.4 Å². The van der Waals surface area contributed by atoms with Crippen LogP contribution in [0.1, 0.15) is 29.8 Å². The molecule has 1 atom stereocenters. The molecule has 0 saturated heterocycles. The van der Waals surface area contributed by atoms with Gasteiger partial charge < -0.3 is 19.6 Å². The lowest BCUT2D eigenvalue weighted by atomic mass is 10.0. The Kier molecular flexibility index (Phi) is 4.79. The lowest BCUT2D eigenvalue weighted by Crippen LogP contribution is -2.40. The van der Waals surface area contributed by atoms with E-state index in [1.807, 2.05) is 20.9 Å². The molecule has 2 aromatic heterocycles. The van der Waals surface area contributed by atoms with Gasteiger partial charge in [0.1, 0.15) is 22.8 Å². The molecule has 0 aromatic carbocycles. The van der Waals surface area contributed by atoms with Crippen LogP contribution in [0.2, 0.25) is 0 Å². The van der Waals surface area contributed by atoms with E-state index in [0.29, 0.717) is 17.3 Å². The van der Waals surface area contributed by atoms with E-state index >= 15 is 0 Å². The zero-order valence-electron chi connectivity index (χ0n) is 14.1. The third kappa shape index (κ3) is 3.92. The molecule has 0 fully saturated rings. The van der Waals surface area contributed by atoms with Gasteiger partial charge in [0.25, 0.3) is 5.91 Å². The monoisotopic (exact) mass is 321 g/mol. The van der Waals surface area contributed by atoms with E-state index in [1.165, 1.54) is 0 Å². The van der Waals surface area contributed by atoms with Crippen molar-refractivity contribution in [1.82, 2.24) is 15.1 Å². The average Bonchev–Trinajstić information content (AvgIpc) is 3.01. The molecule has 0 radical (unpaired) electrons. The molecule has 2 heterocycles. The second-order valence-corrected chi connectivity index (χ2v) is 5.87. The van der Waals surface area contributed by atoms with Gasteiger partial charge >= 0.3 is 0 Å². The Balaban J connectivity index is 1.88. The molecule has 2 N–H and O–H groups in total. The number of aryl methyl sites for hydroxylation is 3. The van der Waals surface area contributed by atoms with Crippen molar-refractivity contribution < 1.29 is 19.1 Å². The first-order chi connectivity index (χ1) is 10.7. The van der Waals surface area contributed by atoms with Crippen molar-refractivity contribution in [3.05, 3.63) is 35.0 Å². The molecule has 126 valence electrons. The first-order valence-electron chi connectivity index (χ1n) is 7.39. The maximum absolute atomic E-state index is 11.9. The number of amides is 1. The summed E-state index contributed by atoms with van der Waals surface area (Å²) in [6.45, 7) is 6.97. The second-order valence-electron chi connectivity index (χ2n) is 5.87. The predicted molar refractivity (Wildman–Crippen MR) is 84.2 cm³/mol. The average molecular weight is 321 g/mol. The fourth-order valence-corrected chi connectivity index (χ4v) is 2.23. The largest absolute Gasteiger partial charge is 0.480 e. The van der Waals surface area contributed by atoms with Gasteiger partial charge in [-0.3, -0.25) is 9.48 Å². The second kappa shape index (κ2) is 6.45. The number of rotatable bonds is 6. The number of aliphatic hydroxyl groups is 1. The third-order valence-electron chi connectivity index (χ3n) is 3.69. The SMILES string of the molecule is Cc1ccc([C@](C)(O)CNC(=O)COc2c(C)nn(C)c2C)o1. The first-order valence-corrected chi connectivity index (χ1v) is 7.39. The zero-order chi connectivity index (χ0) is 17.2. The van der Waals surface area contributed by atoms with E-state index in [-0.39, 0.29) is 19.1 Å². The molecule has 0 bridgehead atoms. The van der Waals surface area contributed by atoms with E-state index in [0.717, 1.165) is 11.4 Å². The van der Waals surface area contributed by atoms with Gasteiger partial charge in [0.05, 0.1) is 12.2 Å². The molecular formula is C16H23N3O4. The van der Waals surface area contributed by atoms with E-state index < -0.39 is 5.60 Å². The van der Waals surface area contributed by atoms with Crippen LogP contribution in [-0.4, -0.2) is 33.9 Å². The number of nitrogens with zero attached hydrogens (tertiary/aromatic N) is 2. The van der Waals surface area contributed by atoms with Crippen molar-refractivity contribution in [2.75, 3.05) is 13.2 Å². The summed E-state index contributed by atoms with van der Waals surface area (Å²) < 4.78 is 12.6. The van der Waals surface area contributed by atoms with Gasteiger partial charge in [-0.2, -0.15) is 5.10 Å². The fraction of sp³-hybridized carbons (Fsp3) is 0.500. The number of ether oxygens (including phenoxy) is 1. The van der Waals surface area contributed by atoms with Crippen LogP contribution < -0.4 is 10.1 Å². The summed E-state index contributed by atoms with van der Waals surface area (Å²) >= 11 is 0. The van der Waals surface area contributed by atoms with Crippen LogP contribution in [0.4, 0.5) is 0 Å². The Bertz CT molecular complexity index is 700. The van der Waals surface area contributed by atoms with Crippen molar-refractivity contribution in [1.29, 1.82) is 0 Å². The minimum Gasteiger partial charge on any atom is -0.480 e. The molecule has 0 saturated carbocycles. The van der Waals surface area contributed by atoms with Crippen molar-refractivity contribution in [2.45, 2.75) is 33.3 Å². The number of hydrogen-bond acceptors (Lipinski definition) is 5. The summed E-state index contributed by atoms with van der Waals surface area (Å²) in [6.07, 6.45) is 0. The predicted octanol–water partition coefficient (Wildman–Crippen LogP) is 1.34. The number of hydrogen-bond donors (Lipinski definition) is 2. The summed E-state index contributed by atoms with van der Waals surface area (Å²) in [5.74, 6) is 1.40. The lowest BCUT2D eigenvalue weighted by Gasteiger charge is -2.21.